The highest BCUT2D eigenvalue weighted by Crippen LogP contribution is 2.22. The summed E-state index contributed by atoms with van der Waals surface area (Å²) in [6, 6.07) is 21.2. The molecule has 24 heavy (non-hydrogen) atoms. The summed E-state index contributed by atoms with van der Waals surface area (Å²) < 4.78 is 0. The standard InChI is InChI=1S/C14H14.10BrH/c1-12(13-8-4-2-5-9-13)14-10-6-3-7-11-14;;;;;;;;;;/h2-12H,1H3;10*1H. The van der Waals surface area contributed by atoms with Crippen molar-refractivity contribution in [3.8, 4) is 0 Å². The van der Waals surface area contributed by atoms with Crippen molar-refractivity contribution in [3.63, 3.8) is 0 Å². The molecule has 0 amide bonds. The predicted molar refractivity (Wildman–Crippen MR) is 164 cm³/mol. The summed E-state index contributed by atoms with van der Waals surface area (Å²) in [5, 5.41) is 0. The Labute approximate surface area is 250 Å². The minimum atomic E-state index is 0. The van der Waals surface area contributed by atoms with E-state index in [2.05, 4.69) is 67.6 Å². The third-order valence-corrected chi connectivity index (χ3v) is 2.60. The number of hydrogen-bond acceptors (Lipinski definition) is 0. The molecule has 0 bridgehead atoms. The van der Waals surface area contributed by atoms with Crippen LogP contribution in [0, 0.1) is 0 Å². The van der Waals surface area contributed by atoms with Crippen LogP contribution >= 0.6 is 170 Å². The molecule has 2 rings (SSSR count). The van der Waals surface area contributed by atoms with Crippen LogP contribution in [0.1, 0.15) is 24.0 Å². The molecule has 0 saturated carbocycles. The SMILES string of the molecule is Br.Br.Br.Br.Br.Br.Br.Br.Br.Br.CC(c1ccccc1)c1ccccc1. The van der Waals surface area contributed by atoms with Crippen LogP contribution in [0.15, 0.2) is 60.7 Å². The minimum Gasteiger partial charge on any atom is -0.114 e. The summed E-state index contributed by atoms with van der Waals surface area (Å²) in [7, 11) is 0. The van der Waals surface area contributed by atoms with Gasteiger partial charge in [-0.3, -0.25) is 0 Å². The van der Waals surface area contributed by atoms with Crippen LogP contribution in [-0.2, 0) is 0 Å². The molecule has 0 fully saturated rings. The van der Waals surface area contributed by atoms with Crippen molar-refractivity contribution >= 4 is 170 Å². The van der Waals surface area contributed by atoms with Gasteiger partial charge in [-0.05, 0) is 11.1 Å². The first-order chi connectivity index (χ1) is 6.88. The van der Waals surface area contributed by atoms with Crippen LogP contribution in [0.25, 0.3) is 0 Å². The van der Waals surface area contributed by atoms with Gasteiger partial charge in [-0.2, -0.15) is 0 Å². The second-order valence-corrected chi connectivity index (χ2v) is 3.54. The number of rotatable bonds is 2. The van der Waals surface area contributed by atoms with Gasteiger partial charge in [0.05, 0.1) is 0 Å². The lowest BCUT2D eigenvalue weighted by molar-refractivity contribution is 0.922. The smallest absolute Gasteiger partial charge is 0.00610 e. The molecule has 0 aliphatic rings. The number of halogens is 10. The van der Waals surface area contributed by atoms with Crippen molar-refractivity contribution in [2.45, 2.75) is 12.8 Å². The fourth-order valence-corrected chi connectivity index (χ4v) is 1.68. The van der Waals surface area contributed by atoms with E-state index in [4.69, 9.17) is 0 Å². The van der Waals surface area contributed by atoms with Crippen LogP contribution in [0.3, 0.4) is 0 Å². The molecule has 0 atom stereocenters. The van der Waals surface area contributed by atoms with E-state index in [9.17, 15) is 0 Å². The van der Waals surface area contributed by atoms with E-state index >= 15 is 0 Å². The Bertz CT molecular complexity index is 359. The van der Waals surface area contributed by atoms with Crippen molar-refractivity contribution in [3.05, 3.63) is 71.8 Å². The summed E-state index contributed by atoms with van der Waals surface area (Å²) >= 11 is 0. The van der Waals surface area contributed by atoms with E-state index in [0.29, 0.717) is 5.92 Å². The monoisotopic (exact) mass is 981 g/mol. The highest BCUT2D eigenvalue weighted by atomic mass is 79.9. The summed E-state index contributed by atoms with van der Waals surface area (Å²) in [6.45, 7) is 2.24. The van der Waals surface area contributed by atoms with Crippen molar-refractivity contribution in [2.24, 2.45) is 0 Å². The van der Waals surface area contributed by atoms with Gasteiger partial charge in [0, 0.05) is 5.92 Å². The first-order valence-electron chi connectivity index (χ1n) is 4.98. The van der Waals surface area contributed by atoms with Gasteiger partial charge in [-0.15, -0.1) is 170 Å². The minimum absolute atomic E-state index is 0. The van der Waals surface area contributed by atoms with E-state index in [1.807, 2.05) is 0 Å². The Kier molecular flexibility index (Phi) is 79.4. The van der Waals surface area contributed by atoms with Crippen LogP contribution in [0.4, 0.5) is 0 Å². The van der Waals surface area contributed by atoms with E-state index in [1.54, 1.807) is 0 Å². The van der Waals surface area contributed by atoms with Crippen molar-refractivity contribution in [1.82, 2.24) is 0 Å². The lowest BCUT2D eigenvalue weighted by Gasteiger charge is -2.11. The highest BCUT2D eigenvalue weighted by molar-refractivity contribution is 8.94. The summed E-state index contributed by atoms with van der Waals surface area (Å²) in [5.74, 6) is 0.484. The topological polar surface area (TPSA) is 0 Å². The lowest BCUT2D eigenvalue weighted by atomic mass is 9.93. The van der Waals surface area contributed by atoms with Crippen molar-refractivity contribution in [1.29, 1.82) is 0 Å². The van der Waals surface area contributed by atoms with Gasteiger partial charge in [-0.25, -0.2) is 0 Å². The third-order valence-electron chi connectivity index (χ3n) is 2.60. The van der Waals surface area contributed by atoms with Crippen LogP contribution in [-0.4, -0.2) is 0 Å². The highest BCUT2D eigenvalue weighted by Gasteiger charge is 2.05. The van der Waals surface area contributed by atoms with Gasteiger partial charge in [-0.1, -0.05) is 67.6 Å². The first-order valence-corrected chi connectivity index (χ1v) is 4.98. The number of hydrogen-bond donors (Lipinski definition) is 0. The molecule has 0 unspecified atom stereocenters. The van der Waals surface area contributed by atoms with E-state index in [0.717, 1.165) is 0 Å². The van der Waals surface area contributed by atoms with Gasteiger partial charge in [0.1, 0.15) is 0 Å². The van der Waals surface area contributed by atoms with Crippen LogP contribution in [0.2, 0.25) is 0 Å². The molecule has 2 aromatic carbocycles. The molecule has 0 aliphatic heterocycles. The summed E-state index contributed by atoms with van der Waals surface area (Å²) in [4.78, 5) is 0. The molecule has 150 valence electrons. The lowest BCUT2D eigenvalue weighted by Crippen LogP contribution is -1.94. The molecule has 2 aromatic rings. The molecular formula is C14H24Br10. The van der Waals surface area contributed by atoms with Gasteiger partial charge in [0.2, 0.25) is 0 Å². The maximum atomic E-state index is 2.24. The molecule has 0 nitrogen and oxygen atoms in total. The van der Waals surface area contributed by atoms with Crippen LogP contribution in [0.5, 0.6) is 0 Å². The van der Waals surface area contributed by atoms with Crippen molar-refractivity contribution < 1.29 is 0 Å². The van der Waals surface area contributed by atoms with E-state index < -0.39 is 0 Å². The van der Waals surface area contributed by atoms with Gasteiger partial charge in [0.15, 0.2) is 0 Å². The Morgan fingerprint density at radius 2 is 0.625 bits per heavy atom. The Balaban J connectivity index is -0.0000000321. The summed E-state index contributed by atoms with van der Waals surface area (Å²) in [5.41, 5.74) is 2.75. The van der Waals surface area contributed by atoms with E-state index in [-0.39, 0.29) is 170 Å². The normalized spacial score (nSPS) is 6.08. The third kappa shape index (κ3) is 20.0. The molecule has 10 heteroatoms. The zero-order valence-corrected chi connectivity index (χ0v) is 29.6. The van der Waals surface area contributed by atoms with Gasteiger partial charge in [0.25, 0.3) is 0 Å². The largest absolute Gasteiger partial charge is 0.114 e. The molecule has 0 aliphatic carbocycles. The van der Waals surface area contributed by atoms with E-state index in [1.165, 1.54) is 11.1 Å². The Hall–Kier alpha value is 3.24. The molecular weight excluding hydrogens is 967 g/mol. The second-order valence-electron chi connectivity index (χ2n) is 3.54. The fourth-order valence-electron chi connectivity index (χ4n) is 1.68. The fraction of sp³-hybridized carbons (Fsp3) is 0.143. The number of benzene rings is 2. The zero-order valence-electron chi connectivity index (χ0n) is 12.4. The average molecular weight is 991 g/mol. The van der Waals surface area contributed by atoms with Crippen LogP contribution < -0.4 is 0 Å². The maximum Gasteiger partial charge on any atom is 0.00610 e. The first kappa shape index (κ1) is 56.4. The van der Waals surface area contributed by atoms with Gasteiger partial charge < -0.3 is 0 Å². The Morgan fingerprint density at radius 1 is 0.417 bits per heavy atom. The quantitative estimate of drug-likeness (QED) is 0.282. The predicted octanol–water partition coefficient (Wildman–Crippen LogP) is 9.62. The molecule has 0 N–H and O–H groups in total. The molecule has 0 spiro atoms. The Morgan fingerprint density at radius 3 is 0.833 bits per heavy atom. The summed E-state index contributed by atoms with van der Waals surface area (Å²) in [6.07, 6.45) is 0. The van der Waals surface area contributed by atoms with Gasteiger partial charge >= 0.3 is 0 Å². The molecule has 0 heterocycles. The average Bonchev–Trinajstić information content (AvgIpc) is 2.30. The maximum absolute atomic E-state index is 2.24. The zero-order chi connectivity index (χ0) is 9.80. The molecule has 0 radical (unpaired) electrons. The second kappa shape index (κ2) is 33.8. The van der Waals surface area contributed by atoms with Crippen molar-refractivity contribution in [2.75, 3.05) is 0 Å². The molecule has 0 aromatic heterocycles. The molecule has 0 saturated heterocycles.